The van der Waals surface area contributed by atoms with Gasteiger partial charge in [0.25, 0.3) is 0 Å². The molecule has 0 bridgehead atoms. The fraction of sp³-hybridized carbons (Fsp3) is 0.190. The topological polar surface area (TPSA) is 85.6 Å². The van der Waals surface area contributed by atoms with Crippen molar-refractivity contribution in [2.24, 2.45) is 0 Å². The fourth-order valence-corrected chi connectivity index (χ4v) is 2.34. The van der Waals surface area contributed by atoms with Crippen LogP contribution in [0.25, 0.3) is 6.08 Å². The number of carbonyl (C=O) groups is 2. The third-order valence-electron chi connectivity index (χ3n) is 3.71. The Labute approximate surface area is 157 Å². The molecule has 0 N–H and O–H groups in total. The molecule has 0 amide bonds. The van der Waals surface area contributed by atoms with E-state index in [2.05, 4.69) is 4.74 Å². The van der Waals surface area contributed by atoms with E-state index in [1.165, 1.54) is 20.3 Å². The zero-order valence-electron chi connectivity index (χ0n) is 15.1. The standard InChI is InChI=1S/C21H19NO5/c1-25-19-13-16(12-17(14-22)21(24)26-2)8-10-18(19)27-20(23)11-9-15-6-4-3-5-7-15/h3-8,10,12-13H,9,11H2,1-2H3. The van der Waals surface area contributed by atoms with E-state index in [1.54, 1.807) is 24.3 Å². The number of esters is 2. The number of nitriles is 1. The van der Waals surface area contributed by atoms with Gasteiger partial charge in [-0.3, -0.25) is 4.79 Å². The van der Waals surface area contributed by atoms with Crippen LogP contribution in [0, 0.1) is 11.3 Å². The predicted octanol–water partition coefficient (Wildman–Crippen LogP) is 3.31. The van der Waals surface area contributed by atoms with Crippen molar-refractivity contribution < 1.29 is 23.8 Å². The van der Waals surface area contributed by atoms with Crippen LogP contribution < -0.4 is 9.47 Å². The van der Waals surface area contributed by atoms with Crippen LogP contribution in [0.5, 0.6) is 11.5 Å². The van der Waals surface area contributed by atoms with Crippen LogP contribution in [0.1, 0.15) is 17.5 Å². The van der Waals surface area contributed by atoms with Gasteiger partial charge in [0, 0.05) is 6.42 Å². The Hall–Kier alpha value is -3.59. The quantitative estimate of drug-likeness (QED) is 0.324. The van der Waals surface area contributed by atoms with Gasteiger partial charge in [-0.05, 0) is 35.8 Å². The van der Waals surface area contributed by atoms with E-state index in [0.717, 1.165) is 5.56 Å². The summed E-state index contributed by atoms with van der Waals surface area (Å²) >= 11 is 0. The van der Waals surface area contributed by atoms with Crippen LogP contribution in [0.4, 0.5) is 0 Å². The van der Waals surface area contributed by atoms with Gasteiger partial charge in [-0.2, -0.15) is 5.26 Å². The van der Waals surface area contributed by atoms with Crippen molar-refractivity contribution in [2.75, 3.05) is 14.2 Å². The number of aryl methyl sites for hydroxylation is 1. The first-order valence-electron chi connectivity index (χ1n) is 8.20. The second kappa shape index (κ2) is 9.78. The zero-order valence-corrected chi connectivity index (χ0v) is 15.1. The van der Waals surface area contributed by atoms with E-state index in [4.69, 9.17) is 14.7 Å². The molecule has 27 heavy (non-hydrogen) atoms. The van der Waals surface area contributed by atoms with E-state index < -0.39 is 5.97 Å². The third-order valence-corrected chi connectivity index (χ3v) is 3.71. The first kappa shape index (κ1) is 19.7. The number of carbonyl (C=O) groups excluding carboxylic acids is 2. The Morgan fingerprint density at radius 3 is 2.44 bits per heavy atom. The highest BCUT2D eigenvalue weighted by Crippen LogP contribution is 2.29. The van der Waals surface area contributed by atoms with Crippen LogP contribution in [-0.4, -0.2) is 26.2 Å². The molecule has 6 heteroatoms. The van der Waals surface area contributed by atoms with Gasteiger partial charge in [0.2, 0.25) is 0 Å². The fourth-order valence-electron chi connectivity index (χ4n) is 2.34. The Morgan fingerprint density at radius 2 is 1.81 bits per heavy atom. The van der Waals surface area contributed by atoms with Crippen LogP contribution >= 0.6 is 0 Å². The van der Waals surface area contributed by atoms with Gasteiger partial charge in [-0.1, -0.05) is 36.4 Å². The minimum absolute atomic E-state index is 0.146. The van der Waals surface area contributed by atoms with E-state index in [1.807, 2.05) is 30.3 Å². The lowest BCUT2D eigenvalue weighted by molar-refractivity contribution is -0.136. The molecule has 0 unspecified atom stereocenters. The molecule has 138 valence electrons. The van der Waals surface area contributed by atoms with E-state index in [0.29, 0.717) is 17.7 Å². The van der Waals surface area contributed by atoms with Crippen molar-refractivity contribution in [3.8, 4) is 17.6 Å². The molecule has 0 aliphatic rings. The minimum Gasteiger partial charge on any atom is -0.493 e. The smallest absolute Gasteiger partial charge is 0.348 e. The molecular weight excluding hydrogens is 346 g/mol. The van der Waals surface area contributed by atoms with Crippen molar-refractivity contribution in [1.29, 1.82) is 5.26 Å². The molecule has 2 aromatic rings. The highest BCUT2D eigenvalue weighted by Gasteiger charge is 2.13. The number of hydrogen-bond acceptors (Lipinski definition) is 6. The third kappa shape index (κ3) is 5.72. The molecule has 0 spiro atoms. The van der Waals surface area contributed by atoms with Crippen molar-refractivity contribution in [3.63, 3.8) is 0 Å². The van der Waals surface area contributed by atoms with E-state index >= 15 is 0 Å². The Balaban J connectivity index is 2.09. The predicted molar refractivity (Wildman–Crippen MR) is 99.0 cm³/mol. The largest absolute Gasteiger partial charge is 0.493 e. The molecule has 0 aromatic heterocycles. The van der Waals surface area contributed by atoms with Gasteiger partial charge in [0.05, 0.1) is 14.2 Å². The first-order chi connectivity index (χ1) is 13.1. The second-order valence-corrected chi connectivity index (χ2v) is 5.53. The van der Waals surface area contributed by atoms with Crippen molar-refractivity contribution >= 4 is 18.0 Å². The summed E-state index contributed by atoms with van der Waals surface area (Å²) in [4.78, 5) is 23.6. The lowest BCUT2D eigenvalue weighted by Gasteiger charge is -2.10. The molecule has 0 atom stereocenters. The van der Waals surface area contributed by atoms with Crippen LogP contribution in [0.15, 0.2) is 54.1 Å². The summed E-state index contributed by atoms with van der Waals surface area (Å²) in [5, 5.41) is 9.02. The maximum Gasteiger partial charge on any atom is 0.348 e. The van der Waals surface area contributed by atoms with Gasteiger partial charge >= 0.3 is 11.9 Å². The van der Waals surface area contributed by atoms with Gasteiger partial charge < -0.3 is 14.2 Å². The number of benzene rings is 2. The lowest BCUT2D eigenvalue weighted by atomic mass is 10.1. The summed E-state index contributed by atoms with van der Waals surface area (Å²) in [5.74, 6) is -0.524. The second-order valence-electron chi connectivity index (χ2n) is 5.53. The highest BCUT2D eigenvalue weighted by molar-refractivity contribution is 5.97. The summed E-state index contributed by atoms with van der Waals surface area (Å²) in [6, 6.07) is 16.2. The lowest BCUT2D eigenvalue weighted by Crippen LogP contribution is -2.10. The van der Waals surface area contributed by atoms with Gasteiger partial charge in [0.15, 0.2) is 11.5 Å². The molecule has 0 aliphatic carbocycles. The van der Waals surface area contributed by atoms with Crippen molar-refractivity contribution in [2.45, 2.75) is 12.8 Å². The highest BCUT2D eigenvalue weighted by atomic mass is 16.6. The molecular formula is C21H19NO5. The molecule has 0 aliphatic heterocycles. The number of rotatable bonds is 7. The summed E-state index contributed by atoms with van der Waals surface area (Å²) in [6.07, 6.45) is 2.18. The molecule has 0 fully saturated rings. The van der Waals surface area contributed by atoms with E-state index in [-0.39, 0.29) is 23.7 Å². The maximum atomic E-state index is 12.1. The molecule has 0 heterocycles. The number of hydrogen-bond donors (Lipinski definition) is 0. The SMILES string of the molecule is COC(=O)C(C#N)=Cc1ccc(OC(=O)CCc2ccccc2)c(OC)c1. The van der Waals surface area contributed by atoms with Gasteiger partial charge in [-0.25, -0.2) is 4.79 Å². The average molecular weight is 365 g/mol. The van der Waals surface area contributed by atoms with Crippen LogP contribution in [0.2, 0.25) is 0 Å². The summed E-state index contributed by atoms with van der Waals surface area (Å²) in [7, 11) is 2.64. The van der Waals surface area contributed by atoms with E-state index in [9.17, 15) is 9.59 Å². The first-order valence-corrected chi connectivity index (χ1v) is 8.20. The normalized spacial score (nSPS) is 10.6. The molecule has 2 aromatic carbocycles. The minimum atomic E-state index is -0.729. The van der Waals surface area contributed by atoms with Gasteiger partial charge in [0.1, 0.15) is 11.6 Å². The van der Waals surface area contributed by atoms with Crippen LogP contribution in [-0.2, 0) is 20.7 Å². The summed E-state index contributed by atoms with van der Waals surface area (Å²) < 4.78 is 15.2. The number of methoxy groups -OCH3 is 2. The monoisotopic (exact) mass is 365 g/mol. The Kier molecular flexibility index (Phi) is 7.15. The Morgan fingerprint density at radius 1 is 1.07 bits per heavy atom. The zero-order chi connectivity index (χ0) is 19.6. The molecule has 0 saturated carbocycles. The Bertz CT molecular complexity index is 881. The van der Waals surface area contributed by atoms with Crippen LogP contribution in [0.3, 0.4) is 0 Å². The number of nitrogens with zero attached hydrogens (tertiary/aromatic N) is 1. The van der Waals surface area contributed by atoms with Crippen molar-refractivity contribution in [3.05, 3.63) is 65.2 Å². The van der Waals surface area contributed by atoms with Crippen molar-refractivity contribution in [1.82, 2.24) is 0 Å². The van der Waals surface area contributed by atoms with Gasteiger partial charge in [-0.15, -0.1) is 0 Å². The molecule has 6 nitrogen and oxygen atoms in total. The molecule has 0 radical (unpaired) electrons. The molecule has 2 rings (SSSR count). The summed E-state index contributed by atoms with van der Waals surface area (Å²) in [6.45, 7) is 0. The maximum absolute atomic E-state index is 12.1. The summed E-state index contributed by atoms with van der Waals surface area (Å²) in [5.41, 5.74) is 1.44. The number of ether oxygens (including phenoxy) is 3. The average Bonchev–Trinajstić information content (AvgIpc) is 2.71. The molecule has 0 saturated heterocycles.